The monoisotopic (exact) mass is 408 g/mol. The lowest BCUT2D eigenvalue weighted by molar-refractivity contribution is 0.0981. The number of sulfonamides is 2. The van der Waals surface area contributed by atoms with Crippen molar-refractivity contribution in [3.05, 3.63) is 46.3 Å². The summed E-state index contributed by atoms with van der Waals surface area (Å²) in [6, 6.07) is 7.64. The largest absolute Gasteiger partial charge is 0.273 e. The molecule has 11 heteroatoms. The van der Waals surface area contributed by atoms with Crippen molar-refractivity contribution in [2.45, 2.75) is 9.10 Å². The highest BCUT2D eigenvalue weighted by atomic mass is 35.5. The van der Waals surface area contributed by atoms with Gasteiger partial charge in [0.15, 0.2) is 0 Å². The van der Waals surface area contributed by atoms with E-state index >= 15 is 0 Å². The molecule has 2 rings (SSSR count). The highest BCUT2D eigenvalue weighted by molar-refractivity contribution is 7.92. The Labute approximate surface area is 149 Å². The Morgan fingerprint density at radius 2 is 1.62 bits per heavy atom. The lowest BCUT2D eigenvalue weighted by Gasteiger charge is -2.11. The first kappa shape index (κ1) is 18.9. The molecule has 130 valence electrons. The summed E-state index contributed by atoms with van der Waals surface area (Å²) in [6.07, 6.45) is 0. The maximum Gasteiger partial charge on any atom is 0.273 e. The van der Waals surface area contributed by atoms with Crippen LogP contribution in [0.2, 0.25) is 4.34 Å². The van der Waals surface area contributed by atoms with E-state index in [4.69, 9.17) is 11.6 Å². The van der Waals surface area contributed by atoms with E-state index < -0.39 is 26.0 Å². The minimum absolute atomic E-state index is 0.00283. The molecule has 0 fully saturated rings. The summed E-state index contributed by atoms with van der Waals surface area (Å²) in [5, 5.41) is 0. The lowest BCUT2D eigenvalue weighted by Crippen LogP contribution is -2.30. The normalized spacial score (nSPS) is 12.3. The van der Waals surface area contributed by atoms with Crippen molar-refractivity contribution in [3.8, 4) is 0 Å². The molecule has 0 unspecified atom stereocenters. The number of carbonyl (C=O) groups is 1. The number of nitrogens with one attached hydrogen (secondary N) is 1. The van der Waals surface area contributed by atoms with E-state index in [2.05, 4.69) is 0 Å². The molecule has 1 amide bonds. The van der Waals surface area contributed by atoms with Crippen molar-refractivity contribution in [1.82, 2.24) is 9.03 Å². The zero-order valence-electron chi connectivity index (χ0n) is 12.6. The van der Waals surface area contributed by atoms with Crippen LogP contribution in [0.4, 0.5) is 0 Å². The van der Waals surface area contributed by atoms with Gasteiger partial charge in [0, 0.05) is 19.7 Å². The Hall–Kier alpha value is -1.46. The van der Waals surface area contributed by atoms with Crippen molar-refractivity contribution >= 4 is 48.9 Å². The Kier molecular flexibility index (Phi) is 5.35. The molecule has 1 heterocycles. The van der Waals surface area contributed by atoms with Gasteiger partial charge in [-0.2, -0.15) is 0 Å². The van der Waals surface area contributed by atoms with Crippen molar-refractivity contribution in [3.63, 3.8) is 0 Å². The highest BCUT2D eigenvalue weighted by Crippen LogP contribution is 2.25. The Morgan fingerprint density at radius 1 is 1.04 bits per heavy atom. The van der Waals surface area contributed by atoms with Crippen molar-refractivity contribution in [2.24, 2.45) is 0 Å². The van der Waals surface area contributed by atoms with E-state index in [1.54, 1.807) is 0 Å². The fourth-order valence-electron chi connectivity index (χ4n) is 1.66. The summed E-state index contributed by atoms with van der Waals surface area (Å²) in [5.41, 5.74) is 0.0129. The van der Waals surface area contributed by atoms with Crippen LogP contribution in [-0.4, -0.2) is 41.1 Å². The van der Waals surface area contributed by atoms with Gasteiger partial charge in [0.05, 0.1) is 9.23 Å². The Bertz CT molecular complexity index is 963. The number of benzene rings is 1. The predicted molar refractivity (Wildman–Crippen MR) is 91.3 cm³/mol. The summed E-state index contributed by atoms with van der Waals surface area (Å²) in [4.78, 5) is 12.1. The first-order chi connectivity index (χ1) is 11.0. The number of hydrogen-bond donors (Lipinski definition) is 1. The lowest BCUT2D eigenvalue weighted by atomic mass is 10.2. The molecule has 0 saturated carbocycles. The summed E-state index contributed by atoms with van der Waals surface area (Å²) in [7, 11) is -4.89. The standard InChI is InChI=1S/C13H13ClN2O5S3/c1-16(2)24(20,21)10-5-3-9(4-6-10)13(17)15-23(18,19)12-8-7-11(14)22-12/h3-8H,1-2H3,(H,15,17). The molecule has 24 heavy (non-hydrogen) atoms. The molecule has 0 radical (unpaired) electrons. The molecule has 1 N–H and O–H groups in total. The topological polar surface area (TPSA) is 101 Å². The molecular formula is C13H13ClN2O5S3. The molecule has 0 spiro atoms. The number of carbonyl (C=O) groups excluding carboxylic acids is 1. The molecule has 0 aliphatic carbocycles. The number of halogens is 1. The Morgan fingerprint density at radius 3 is 2.08 bits per heavy atom. The SMILES string of the molecule is CN(C)S(=O)(=O)c1ccc(C(=O)NS(=O)(=O)c2ccc(Cl)s2)cc1. The van der Waals surface area contributed by atoms with E-state index in [0.29, 0.717) is 0 Å². The summed E-state index contributed by atoms with van der Waals surface area (Å²) >= 11 is 6.50. The van der Waals surface area contributed by atoms with Crippen molar-refractivity contribution in [1.29, 1.82) is 0 Å². The van der Waals surface area contributed by atoms with E-state index in [1.807, 2.05) is 4.72 Å². The third-order valence-electron chi connectivity index (χ3n) is 2.94. The summed E-state index contributed by atoms with van der Waals surface area (Å²) in [5.74, 6) is -0.867. The molecule has 7 nitrogen and oxygen atoms in total. The van der Waals surface area contributed by atoms with Crippen LogP contribution >= 0.6 is 22.9 Å². The summed E-state index contributed by atoms with van der Waals surface area (Å²) in [6.45, 7) is 0. The number of amides is 1. The van der Waals surface area contributed by atoms with Crippen LogP contribution in [0.1, 0.15) is 10.4 Å². The highest BCUT2D eigenvalue weighted by Gasteiger charge is 2.22. The molecule has 0 bridgehead atoms. The average Bonchev–Trinajstić information content (AvgIpc) is 2.94. The van der Waals surface area contributed by atoms with Gasteiger partial charge in [-0.1, -0.05) is 11.6 Å². The smallest absolute Gasteiger partial charge is 0.268 e. The maximum atomic E-state index is 12.1. The second-order valence-corrected chi connectivity index (χ2v) is 10.6. The average molecular weight is 409 g/mol. The van der Waals surface area contributed by atoms with Crippen LogP contribution < -0.4 is 4.72 Å². The zero-order valence-corrected chi connectivity index (χ0v) is 15.8. The van der Waals surface area contributed by atoms with E-state index in [0.717, 1.165) is 15.6 Å². The van der Waals surface area contributed by atoms with Gasteiger partial charge >= 0.3 is 0 Å². The van der Waals surface area contributed by atoms with Gasteiger partial charge in [0.25, 0.3) is 15.9 Å². The molecule has 0 aliphatic heterocycles. The minimum atomic E-state index is -4.03. The van der Waals surface area contributed by atoms with Crippen molar-refractivity contribution in [2.75, 3.05) is 14.1 Å². The molecular weight excluding hydrogens is 396 g/mol. The van der Waals surface area contributed by atoms with Gasteiger partial charge in [-0.25, -0.2) is 25.9 Å². The van der Waals surface area contributed by atoms with Crippen LogP contribution in [0.25, 0.3) is 0 Å². The van der Waals surface area contributed by atoms with Crippen LogP contribution in [0.5, 0.6) is 0 Å². The van der Waals surface area contributed by atoms with Crippen LogP contribution in [0.15, 0.2) is 45.5 Å². The van der Waals surface area contributed by atoms with Crippen LogP contribution in [0, 0.1) is 0 Å². The van der Waals surface area contributed by atoms with Gasteiger partial charge in [-0.15, -0.1) is 11.3 Å². The molecule has 2 aromatic rings. The third-order valence-corrected chi connectivity index (χ3v) is 7.82. The fourth-order valence-corrected chi connectivity index (χ4v) is 5.02. The van der Waals surface area contributed by atoms with Gasteiger partial charge in [-0.3, -0.25) is 4.79 Å². The second kappa shape index (κ2) is 6.81. The molecule has 1 aromatic heterocycles. The van der Waals surface area contributed by atoms with Gasteiger partial charge in [0.2, 0.25) is 10.0 Å². The number of nitrogens with zero attached hydrogens (tertiary/aromatic N) is 1. The maximum absolute atomic E-state index is 12.1. The fraction of sp³-hybridized carbons (Fsp3) is 0.154. The molecule has 0 atom stereocenters. The first-order valence-electron chi connectivity index (χ1n) is 6.39. The van der Waals surface area contributed by atoms with Gasteiger partial charge in [-0.05, 0) is 36.4 Å². The van der Waals surface area contributed by atoms with Crippen LogP contribution in [-0.2, 0) is 20.0 Å². The molecule has 1 aromatic carbocycles. The number of rotatable bonds is 5. The van der Waals surface area contributed by atoms with E-state index in [1.165, 1.54) is 50.5 Å². The molecule has 0 aliphatic rings. The Balaban J connectivity index is 2.22. The van der Waals surface area contributed by atoms with Gasteiger partial charge in [0.1, 0.15) is 4.21 Å². The van der Waals surface area contributed by atoms with Gasteiger partial charge < -0.3 is 0 Å². The molecule has 0 saturated heterocycles. The minimum Gasteiger partial charge on any atom is -0.268 e. The van der Waals surface area contributed by atoms with Crippen LogP contribution in [0.3, 0.4) is 0 Å². The van der Waals surface area contributed by atoms with Crippen molar-refractivity contribution < 1.29 is 21.6 Å². The van der Waals surface area contributed by atoms with E-state index in [9.17, 15) is 21.6 Å². The summed E-state index contributed by atoms with van der Waals surface area (Å²) < 4.78 is 51.2. The first-order valence-corrected chi connectivity index (χ1v) is 10.5. The predicted octanol–water partition coefficient (Wildman–Crippen LogP) is 1.77. The third kappa shape index (κ3) is 3.95. The quantitative estimate of drug-likeness (QED) is 0.812. The number of thiophene rings is 1. The van der Waals surface area contributed by atoms with E-state index in [-0.39, 0.29) is 19.0 Å². The number of hydrogen-bond acceptors (Lipinski definition) is 6. The zero-order chi connectivity index (χ0) is 18.1. The second-order valence-electron chi connectivity index (χ2n) is 4.80.